The Morgan fingerprint density at radius 2 is 1.92 bits per heavy atom. The van der Waals surface area contributed by atoms with E-state index in [2.05, 4.69) is 5.32 Å². The highest BCUT2D eigenvalue weighted by atomic mass is 16.7. The zero-order chi connectivity index (χ0) is 18.0. The monoisotopic (exact) mass is 343 g/mol. The highest BCUT2D eigenvalue weighted by molar-refractivity contribution is 5.98. The van der Waals surface area contributed by atoms with Crippen LogP contribution in [0.5, 0.6) is 17.2 Å². The molecule has 2 aromatic carbocycles. The molecule has 130 valence electrons. The zero-order valence-corrected chi connectivity index (χ0v) is 13.7. The van der Waals surface area contributed by atoms with Crippen LogP contribution >= 0.6 is 0 Å². The summed E-state index contributed by atoms with van der Waals surface area (Å²) in [5.74, 6) is -0.326. The van der Waals surface area contributed by atoms with Crippen LogP contribution in [-0.4, -0.2) is 29.9 Å². The first-order chi connectivity index (χ1) is 11.9. The number of benzene rings is 2. The summed E-state index contributed by atoms with van der Waals surface area (Å²) in [6.45, 7) is 3.37. The molecule has 1 atom stereocenters. The van der Waals surface area contributed by atoms with E-state index in [9.17, 15) is 14.7 Å². The minimum Gasteiger partial charge on any atom is -0.507 e. The summed E-state index contributed by atoms with van der Waals surface area (Å²) in [6.07, 6.45) is -1.04. The van der Waals surface area contributed by atoms with Crippen LogP contribution in [0.3, 0.4) is 0 Å². The predicted octanol–water partition coefficient (Wildman–Crippen LogP) is 2.61. The first kappa shape index (κ1) is 16.6. The average molecular weight is 343 g/mol. The summed E-state index contributed by atoms with van der Waals surface area (Å²) in [5.41, 5.74) is 1.31. The van der Waals surface area contributed by atoms with Crippen LogP contribution in [0.2, 0.25) is 0 Å². The van der Waals surface area contributed by atoms with Gasteiger partial charge in [0.25, 0.3) is 5.91 Å². The number of anilines is 1. The molecule has 0 saturated carbocycles. The molecule has 7 heteroatoms. The fourth-order valence-electron chi connectivity index (χ4n) is 2.31. The van der Waals surface area contributed by atoms with Crippen molar-refractivity contribution >= 4 is 17.6 Å². The van der Waals surface area contributed by atoms with Crippen molar-refractivity contribution in [3.05, 3.63) is 47.5 Å². The van der Waals surface area contributed by atoms with E-state index in [1.807, 2.05) is 0 Å². The number of aromatic hydroxyl groups is 1. The fourth-order valence-corrected chi connectivity index (χ4v) is 2.31. The Balaban J connectivity index is 1.64. The van der Waals surface area contributed by atoms with Crippen LogP contribution in [0.25, 0.3) is 0 Å². The van der Waals surface area contributed by atoms with Gasteiger partial charge in [-0.3, -0.25) is 4.79 Å². The summed E-state index contributed by atoms with van der Waals surface area (Å²) in [7, 11) is 0. The molecule has 25 heavy (non-hydrogen) atoms. The van der Waals surface area contributed by atoms with Gasteiger partial charge < -0.3 is 24.6 Å². The molecule has 1 aliphatic rings. The number of ether oxygens (including phenoxy) is 3. The molecule has 0 bridgehead atoms. The van der Waals surface area contributed by atoms with E-state index in [0.29, 0.717) is 17.2 Å². The number of fused-ring (bicyclic) bond motifs is 1. The van der Waals surface area contributed by atoms with E-state index in [0.717, 1.165) is 5.56 Å². The summed E-state index contributed by atoms with van der Waals surface area (Å²) in [5, 5.41) is 12.4. The minimum atomic E-state index is -1.04. The SMILES string of the molecule is Cc1ccc(O)c(C(=O)O[C@@H](C)C(=O)Nc2ccc3c(c2)OCO3)c1. The summed E-state index contributed by atoms with van der Waals surface area (Å²) >= 11 is 0. The van der Waals surface area contributed by atoms with Crippen LogP contribution in [0, 0.1) is 6.92 Å². The maximum Gasteiger partial charge on any atom is 0.342 e. The van der Waals surface area contributed by atoms with E-state index in [1.54, 1.807) is 31.2 Å². The highest BCUT2D eigenvalue weighted by Crippen LogP contribution is 2.34. The van der Waals surface area contributed by atoms with E-state index in [1.165, 1.54) is 19.1 Å². The molecular weight excluding hydrogens is 326 g/mol. The normalized spacial score (nSPS) is 13.2. The maximum absolute atomic E-state index is 12.2. The lowest BCUT2D eigenvalue weighted by atomic mass is 10.1. The van der Waals surface area contributed by atoms with Gasteiger partial charge in [-0.05, 0) is 38.1 Å². The number of hydrogen-bond acceptors (Lipinski definition) is 6. The van der Waals surface area contributed by atoms with Crippen LogP contribution in [0.1, 0.15) is 22.8 Å². The standard InChI is InChI=1S/C18H17NO6/c1-10-3-5-14(20)13(7-10)18(22)25-11(2)17(21)19-12-4-6-15-16(8-12)24-9-23-15/h3-8,11,20H,9H2,1-2H3,(H,19,21)/t11-/m0/s1. The van der Waals surface area contributed by atoms with E-state index in [4.69, 9.17) is 14.2 Å². The lowest BCUT2D eigenvalue weighted by Gasteiger charge is -2.14. The van der Waals surface area contributed by atoms with Crippen molar-refractivity contribution in [2.24, 2.45) is 0 Å². The van der Waals surface area contributed by atoms with Crippen molar-refractivity contribution in [3.63, 3.8) is 0 Å². The Labute approximate surface area is 144 Å². The largest absolute Gasteiger partial charge is 0.507 e. The Morgan fingerprint density at radius 3 is 2.72 bits per heavy atom. The molecule has 0 fully saturated rings. The van der Waals surface area contributed by atoms with Crippen LogP contribution in [-0.2, 0) is 9.53 Å². The van der Waals surface area contributed by atoms with Crippen molar-refractivity contribution in [3.8, 4) is 17.2 Å². The molecule has 2 N–H and O–H groups in total. The van der Waals surface area contributed by atoms with Gasteiger partial charge in [0.15, 0.2) is 17.6 Å². The molecule has 1 heterocycles. The van der Waals surface area contributed by atoms with Crippen molar-refractivity contribution in [2.75, 3.05) is 12.1 Å². The second kappa shape index (κ2) is 6.72. The molecule has 3 rings (SSSR count). The molecule has 2 aromatic rings. The lowest BCUT2D eigenvalue weighted by molar-refractivity contribution is -0.123. The Hall–Kier alpha value is -3.22. The van der Waals surface area contributed by atoms with E-state index < -0.39 is 18.0 Å². The zero-order valence-electron chi connectivity index (χ0n) is 13.7. The van der Waals surface area contributed by atoms with Crippen LogP contribution < -0.4 is 14.8 Å². The summed E-state index contributed by atoms with van der Waals surface area (Å²) in [6, 6.07) is 9.54. The number of carbonyl (C=O) groups is 2. The Morgan fingerprint density at radius 1 is 1.16 bits per heavy atom. The first-order valence-corrected chi connectivity index (χ1v) is 7.65. The number of nitrogens with one attached hydrogen (secondary N) is 1. The summed E-state index contributed by atoms with van der Waals surface area (Å²) < 4.78 is 15.6. The maximum atomic E-state index is 12.2. The average Bonchev–Trinajstić information content (AvgIpc) is 3.04. The molecule has 1 aliphatic heterocycles. The molecule has 0 saturated heterocycles. The first-order valence-electron chi connectivity index (χ1n) is 7.65. The van der Waals surface area contributed by atoms with Crippen LogP contribution in [0.15, 0.2) is 36.4 Å². The highest BCUT2D eigenvalue weighted by Gasteiger charge is 2.22. The number of hydrogen-bond donors (Lipinski definition) is 2. The van der Waals surface area contributed by atoms with Gasteiger partial charge in [0, 0.05) is 11.8 Å². The van der Waals surface area contributed by atoms with E-state index in [-0.39, 0.29) is 18.1 Å². The summed E-state index contributed by atoms with van der Waals surface area (Å²) in [4.78, 5) is 24.3. The molecular formula is C18H17NO6. The molecule has 0 spiro atoms. The second-order valence-corrected chi connectivity index (χ2v) is 5.63. The third-order valence-electron chi connectivity index (χ3n) is 3.67. The van der Waals surface area contributed by atoms with Gasteiger partial charge in [-0.1, -0.05) is 11.6 Å². The topological polar surface area (TPSA) is 94.1 Å². The number of esters is 1. The second-order valence-electron chi connectivity index (χ2n) is 5.63. The lowest BCUT2D eigenvalue weighted by Crippen LogP contribution is -2.30. The van der Waals surface area contributed by atoms with Gasteiger partial charge >= 0.3 is 5.97 Å². The number of amides is 1. The van der Waals surface area contributed by atoms with Gasteiger partial charge in [-0.15, -0.1) is 0 Å². The third-order valence-corrected chi connectivity index (χ3v) is 3.67. The van der Waals surface area contributed by atoms with Gasteiger partial charge in [0.1, 0.15) is 11.3 Å². The van der Waals surface area contributed by atoms with Gasteiger partial charge in [0.2, 0.25) is 6.79 Å². The predicted molar refractivity (Wildman–Crippen MR) is 88.9 cm³/mol. The van der Waals surface area contributed by atoms with Crippen molar-refractivity contribution in [1.82, 2.24) is 0 Å². The van der Waals surface area contributed by atoms with Crippen molar-refractivity contribution in [2.45, 2.75) is 20.0 Å². The van der Waals surface area contributed by atoms with Crippen molar-refractivity contribution < 1.29 is 28.9 Å². The Kier molecular flexibility index (Phi) is 4.47. The minimum absolute atomic E-state index is 0.0164. The quantitative estimate of drug-likeness (QED) is 0.829. The molecule has 7 nitrogen and oxygen atoms in total. The molecule has 0 aromatic heterocycles. The van der Waals surface area contributed by atoms with Crippen molar-refractivity contribution in [1.29, 1.82) is 0 Å². The number of phenols is 1. The molecule has 0 unspecified atom stereocenters. The molecule has 0 aliphatic carbocycles. The Bertz CT molecular complexity index is 832. The van der Waals surface area contributed by atoms with Crippen LogP contribution in [0.4, 0.5) is 5.69 Å². The number of rotatable bonds is 4. The van der Waals surface area contributed by atoms with Gasteiger partial charge in [-0.2, -0.15) is 0 Å². The fraction of sp³-hybridized carbons (Fsp3) is 0.222. The molecule has 0 radical (unpaired) electrons. The smallest absolute Gasteiger partial charge is 0.342 e. The molecule has 1 amide bonds. The number of phenolic OH excluding ortho intramolecular Hbond substituents is 1. The van der Waals surface area contributed by atoms with Gasteiger partial charge in [-0.25, -0.2) is 4.79 Å². The van der Waals surface area contributed by atoms with Gasteiger partial charge in [0.05, 0.1) is 0 Å². The number of aryl methyl sites for hydroxylation is 1. The van der Waals surface area contributed by atoms with E-state index >= 15 is 0 Å². The number of carbonyl (C=O) groups excluding carboxylic acids is 2. The third kappa shape index (κ3) is 3.65.